The molecule has 0 bridgehead atoms. The van der Waals surface area contributed by atoms with E-state index in [4.69, 9.17) is 0 Å². The van der Waals surface area contributed by atoms with Crippen molar-refractivity contribution in [1.29, 1.82) is 0 Å². The van der Waals surface area contributed by atoms with Crippen molar-refractivity contribution in [3.05, 3.63) is 59.2 Å². The van der Waals surface area contributed by atoms with E-state index >= 15 is 0 Å². The molecule has 1 heterocycles. The summed E-state index contributed by atoms with van der Waals surface area (Å²) in [5.74, 6) is -0.370. The Kier molecular flexibility index (Phi) is 7.09. The van der Waals surface area contributed by atoms with Crippen molar-refractivity contribution in [2.24, 2.45) is 0 Å². The maximum Gasteiger partial charge on any atom is 0.251 e. The lowest BCUT2D eigenvalue weighted by atomic mass is 10.2. The molecule has 3 rings (SSSR count). The maximum atomic E-state index is 13.0. The highest BCUT2D eigenvalue weighted by Crippen LogP contribution is 2.22. The van der Waals surface area contributed by atoms with Crippen LogP contribution in [0.1, 0.15) is 21.5 Å². The molecule has 31 heavy (non-hydrogen) atoms. The molecule has 0 atom stereocenters. The highest BCUT2D eigenvalue weighted by Gasteiger charge is 2.30. The minimum Gasteiger partial charge on any atom is -0.355 e. The first-order valence-corrected chi connectivity index (χ1v) is 11.6. The number of nitrogens with zero attached hydrogens (tertiary/aromatic N) is 2. The van der Waals surface area contributed by atoms with Gasteiger partial charge < -0.3 is 10.6 Å². The molecule has 1 aliphatic heterocycles. The molecule has 0 saturated carbocycles. The Balaban J connectivity index is 1.54. The van der Waals surface area contributed by atoms with Gasteiger partial charge in [0.15, 0.2) is 0 Å². The van der Waals surface area contributed by atoms with Gasteiger partial charge in [-0.15, -0.1) is 0 Å². The monoisotopic (exact) mass is 444 g/mol. The number of nitrogens with one attached hydrogen (secondary N) is 2. The molecule has 2 amide bonds. The lowest BCUT2D eigenvalue weighted by Gasteiger charge is -2.33. The molecule has 0 spiro atoms. The quantitative estimate of drug-likeness (QED) is 0.705. The number of benzene rings is 2. The minimum atomic E-state index is -3.56. The van der Waals surface area contributed by atoms with Crippen LogP contribution in [0.4, 0.5) is 5.69 Å². The van der Waals surface area contributed by atoms with E-state index in [2.05, 4.69) is 10.6 Å². The number of aryl methyl sites for hydroxylation is 2. The van der Waals surface area contributed by atoms with E-state index in [0.717, 1.165) is 11.1 Å². The topological polar surface area (TPSA) is 98.8 Å². The first kappa shape index (κ1) is 22.9. The third-order valence-corrected chi connectivity index (χ3v) is 7.36. The van der Waals surface area contributed by atoms with Crippen molar-refractivity contribution in [3.8, 4) is 0 Å². The summed E-state index contributed by atoms with van der Waals surface area (Å²) in [6.45, 7) is 5.48. The molecule has 0 aromatic heterocycles. The lowest BCUT2D eigenvalue weighted by Crippen LogP contribution is -2.50. The molecule has 0 unspecified atom stereocenters. The summed E-state index contributed by atoms with van der Waals surface area (Å²) in [6, 6.07) is 12.1. The summed E-state index contributed by atoms with van der Waals surface area (Å²) in [7, 11) is -2.00. The number of hydrogen-bond donors (Lipinski definition) is 2. The van der Waals surface area contributed by atoms with Crippen molar-refractivity contribution < 1.29 is 18.0 Å². The van der Waals surface area contributed by atoms with E-state index in [1.165, 1.54) is 4.31 Å². The van der Waals surface area contributed by atoms with E-state index in [1.54, 1.807) is 44.3 Å². The van der Waals surface area contributed by atoms with Crippen LogP contribution in [-0.4, -0.2) is 69.2 Å². The van der Waals surface area contributed by atoms with Crippen molar-refractivity contribution in [3.63, 3.8) is 0 Å². The van der Waals surface area contributed by atoms with Crippen LogP contribution < -0.4 is 10.6 Å². The SMILES string of the molecule is CNC(=O)c1ccc(NC(=O)CN2CCN(S(=O)(=O)c3cc(C)ccc3C)CC2)cc1. The molecule has 1 fully saturated rings. The van der Waals surface area contributed by atoms with Crippen molar-refractivity contribution in [1.82, 2.24) is 14.5 Å². The lowest BCUT2D eigenvalue weighted by molar-refractivity contribution is -0.117. The van der Waals surface area contributed by atoms with E-state index in [9.17, 15) is 18.0 Å². The molecule has 1 aliphatic rings. The molecule has 0 radical (unpaired) electrons. The largest absolute Gasteiger partial charge is 0.355 e. The molecule has 166 valence electrons. The van der Waals surface area contributed by atoms with Crippen molar-refractivity contribution >= 4 is 27.5 Å². The van der Waals surface area contributed by atoms with Gasteiger partial charge in [0.25, 0.3) is 5.91 Å². The number of hydrogen-bond acceptors (Lipinski definition) is 5. The first-order valence-electron chi connectivity index (χ1n) is 10.1. The van der Waals surface area contributed by atoms with Crippen LogP contribution in [-0.2, 0) is 14.8 Å². The number of anilines is 1. The number of piperazine rings is 1. The van der Waals surface area contributed by atoms with Crippen LogP contribution in [0.2, 0.25) is 0 Å². The van der Waals surface area contributed by atoms with Gasteiger partial charge in [0.2, 0.25) is 15.9 Å². The molecule has 2 aromatic rings. The Morgan fingerprint density at radius 1 is 0.968 bits per heavy atom. The van der Waals surface area contributed by atoms with Crippen molar-refractivity contribution in [2.75, 3.05) is 45.1 Å². The van der Waals surface area contributed by atoms with Gasteiger partial charge in [0, 0.05) is 44.5 Å². The average molecular weight is 445 g/mol. The van der Waals surface area contributed by atoms with Crippen molar-refractivity contribution in [2.45, 2.75) is 18.7 Å². The van der Waals surface area contributed by atoms with E-state index in [0.29, 0.717) is 42.3 Å². The number of amides is 2. The fourth-order valence-corrected chi connectivity index (χ4v) is 5.24. The normalized spacial score (nSPS) is 15.5. The second kappa shape index (κ2) is 9.59. The first-order chi connectivity index (χ1) is 14.7. The summed E-state index contributed by atoms with van der Waals surface area (Å²) >= 11 is 0. The number of rotatable bonds is 6. The van der Waals surface area contributed by atoms with E-state index in [1.807, 2.05) is 24.0 Å². The van der Waals surface area contributed by atoms with Gasteiger partial charge in [-0.25, -0.2) is 8.42 Å². The van der Waals surface area contributed by atoms with Gasteiger partial charge in [0.1, 0.15) is 0 Å². The fourth-order valence-electron chi connectivity index (χ4n) is 3.51. The summed E-state index contributed by atoms with van der Waals surface area (Å²) in [5.41, 5.74) is 2.76. The molecular weight excluding hydrogens is 416 g/mol. The van der Waals surface area contributed by atoms with E-state index < -0.39 is 10.0 Å². The molecule has 2 N–H and O–H groups in total. The second-order valence-electron chi connectivity index (χ2n) is 7.65. The Hall–Kier alpha value is -2.75. The molecule has 1 saturated heterocycles. The predicted molar refractivity (Wildman–Crippen MR) is 120 cm³/mol. The third-order valence-electron chi connectivity index (χ3n) is 5.32. The van der Waals surface area contributed by atoms with E-state index in [-0.39, 0.29) is 18.4 Å². The zero-order valence-corrected chi connectivity index (χ0v) is 18.8. The summed E-state index contributed by atoms with van der Waals surface area (Å²) < 4.78 is 27.5. The van der Waals surface area contributed by atoms with Gasteiger partial charge in [0.05, 0.1) is 11.4 Å². The summed E-state index contributed by atoms with van der Waals surface area (Å²) in [4.78, 5) is 26.2. The average Bonchev–Trinajstić information content (AvgIpc) is 2.75. The smallest absolute Gasteiger partial charge is 0.251 e. The predicted octanol–water partition coefficient (Wildman–Crippen LogP) is 1.61. The maximum absolute atomic E-state index is 13.0. The van der Waals surface area contributed by atoms with Gasteiger partial charge in [-0.3, -0.25) is 14.5 Å². The molecule has 0 aliphatic carbocycles. The standard InChI is InChI=1S/C22H28N4O4S/c1-16-4-5-17(2)20(14-16)31(29,30)26-12-10-25(11-13-26)15-21(27)24-19-8-6-18(7-9-19)22(28)23-3/h4-9,14H,10-13,15H2,1-3H3,(H,23,28)(H,24,27). The fraction of sp³-hybridized carbons (Fsp3) is 0.364. The molecule has 9 heteroatoms. The Labute approximate surface area is 183 Å². The van der Waals surface area contributed by atoms with Crippen LogP contribution in [0.25, 0.3) is 0 Å². The zero-order valence-electron chi connectivity index (χ0n) is 18.0. The Bertz CT molecular complexity index is 1060. The summed E-state index contributed by atoms with van der Waals surface area (Å²) in [6.07, 6.45) is 0. The Morgan fingerprint density at radius 2 is 1.61 bits per heavy atom. The number of carbonyl (C=O) groups excluding carboxylic acids is 2. The van der Waals surface area contributed by atoms with Crippen LogP contribution in [0.3, 0.4) is 0 Å². The van der Waals surface area contributed by atoms with Gasteiger partial charge in [-0.05, 0) is 55.3 Å². The minimum absolute atomic E-state index is 0.175. The van der Waals surface area contributed by atoms with Crippen LogP contribution in [0.15, 0.2) is 47.4 Å². The molecule has 2 aromatic carbocycles. The highest BCUT2D eigenvalue weighted by atomic mass is 32.2. The Morgan fingerprint density at radius 3 is 2.23 bits per heavy atom. The zero-order chi connectivity index (χ0) is 22.6. The van der Waals surface area contributed by atoms with Gasteiger partial charge >= 0.3 is 0 Å². The van der Waals surface area contributed by atoms with Gasteiger partial charge in [-0.2, -0.15) is 4.31 Å². The third kappa shape index (κ3) is 5.49. The second-order valence-corrected chi connectivity index (χ2v) is 9.56. The highest BCUT2D eigenvalue weighted by molar-refractivity contribution is 7.89. The van der Waals surface area contributed by atoms with Crippen LogP contribution in [0, 0.1) is 13.8 Å². The number of carbonyl (C=O) groups is 2. The molecule has 8 nitrogen and oxygen atoms in total. The summed E-state index contributed by atoms with van der Waals surface area (Å²) in [5, 5.41) is 5.36. The van der Waals surface area contributed by atoms with Crippen LogP contribution in [0.5, 0.6) is 0 Å². The van der Waals surface area contributed by atoms with Gasteiger partial charge in [-0.1, -0.05) is 12.1 Å². The van der Waals surface area contributed by atoms with Crippen LogP contribution >= 0.6 is 0 Å². The molecular formula is C22H28N4O4S. The number of sulfonamides is 1.